The Morgan fingerprint density at radius 2 is 2.12 bits per heavy atom. The first-order valence-electron chi connectivity index (χ1n) is 9.01. The zero-order chi connectivity index (χ0) is 18.3. The van der Waals surface area contributed by atoms with Crippen LogP contribution in [0.2, 0.25) is 0 Å². The summed E-state index contributed by atoms with van der Waals surface area (Å²) in [6.07, 6.45) is 4.49. The molecule has 6 nitrogen and oxygen atoms in total. The highest BCUT2D eigenvalue weighted by Crippen LogP contribution is 2.47. The number of hydrogen-bond acceptors (Lipinski definition) is 5. The van der Waals surface area contributed by atoms with E-state index in [4.69, 9.17) is 4.74 Å². The Hall–Kier alpha value is -2.02. The third-order valence-electron chi connectivity index (χ3n) is 5.44. The van der Waals surface area contributed by atoms with Gasteiger partial charge >= 0.3 is 5.97 Å². The third-order valence-corrected chi connectivity index (χ3v) is 6.95. The van der Waals surface area contributed by atoms with Gasteiger partial charge in [-0.25, -0.2) is 4.79 Å². The van der Waals surface area contributed by atoms with Gasteiger partial charge in [0.25, 0.3) is 5.91 Å². The van der Waals surface area contributed by atoms with Crippen molar-refractivity contribution in [2.24, 2.45) is 0 Å². The fraction of sp³-hybridized carbons (Fsp3) is 0.526. The van der Waals surface area contributed by atoms with Crippen LogP contribution < -0.4 is 5.32 Å². The Labute approximate surface area is 156 Å². The van der Waals surface area contributed by atoms with E-state index in [1.807, 2.05) is 25.1 Å². The maximum absolute atomic E-state index is 12.4. The molecule has 26 heavy (non-hydrogen) atoms. The monoisotopic (exact) mass is 374 g/mol. The Kier molecular flexibility index (Phi) is 4.42. The first-order chi connectivity index (χ1) is 12.5. The van der Waals surface area contributed by atoms with E-state index in [1.165, 1.54) is 11.1 Å². The van der Waals surface area contributed by atoms with Crippen molar-refractivity contribution >= 4 is 35.2 Å². The smallest absolute Gasteiger partial charge is 0.330 e. The van der Waals surface area contributed by atoms with Crippen LogP contribution in [0, 0.1) is 0 Å². The zero-order valence-corrected chi connectivity index (χ0v) is 15.6. The molecule has 0 spiro atoms. The van der Waals surface area contributed by atoms with Crippen LogP contribution in [0.4, 0.5) is 5.69 Å². The highest BCUT2D eigenvalue weighted by molar-refractivity contribution is 8.01. The van der Waals surface area contributed by atoms with E-state index in [0.29, 0.717) is 12.2 Å². The van der Waals surface area contributed by atoms with E-state index in [1.54, 1.807) is 16.7 Å². The summed E-state index contributed by atoms with van der Waals surface area (Å²) in [6, 6.07) is 5.32. The number of amides is 2. The van der Waals surface area contributed by atoms with Crippen molar-refractivity contribution in [1.82, 2.24) is 4.90 Å². The van der Waals surface area contributed by atoms with Gasteiger partial charge in [-0.3, -0.25) is 9.59 Å². The number of nitrogens with zero attached hydrogens (tertiary/aromatic N) is 1. The maximum atomic E-state index is 12.4. The number of aryl methyl sites for hydroxylation is 2. The molecule has 2 aliphatic heterocycles. The highest BCUT2D eigenvalue weighted by Gasteiger charge is 2.53. The number of ether oxygens (including phenoxy) is 1. The van der Waals surface area contributed by atoms with Gasteiger partial charge in [-0.1, -0.05) is 6.07 Å². The van der Waals surface area contributed by atoms with Crippen LogP contribution in [0.3, 0.4) is 0 Å². The quantitative estimate of drug-likeness (QED) is 0.817. The number of fused-ring (bicyclic) bond motifs is 2. The first kappa shape index (κ1) is 17.4. The molecule has 0 aromatic heterocycles. The molecule has 1 aromatic carbocycles. The van der Waals surface area contributed by atoms with E-state index < -0.39 is 12.0 Å². The average Bonchev–Trinajstić information content (AvgIpc) is 3.28. The molecule has 1 aliphatic carbocycles. The van der Waals surface area contributed by atoms with Gasteiger partial charge in [0.2, 0.25) is 5.91 Å². The molecule has 0 saturated carbocycles. The van der Waals surface area contributed by atoms with E-state index in [0.717, 1.165) is 31.4 Å². The number of thioether (sulfide) groups is 1. The number of benzene rings is 1. The Morgan fingerprint density at radius 3 is 2.96 bits per heavy atom. The fourth-order valence-corrected chi connectivity index (χ4v) is 5.49. The molecule has 4 rings (SSSR count). The van der Waals surface area contributed by atoms with Crippen molar-refractivity contribution in [3.05, 3.63) is 29.3 Å². The minimum atomic E-state index is -0.590. The van der Waals surface area contributed by atoms with Crippen molar-refractivity contribution in [1.29, 1.82) is 0 Å². The lowest BCUT2D eigenvalue weighted by molar-refractivity contribution is -0.155. The van der Waals surface area contributed by atoms with Gasteiger partial charge in [0.1, 0.15) is 6.04 Å². The van der Waals surface area contributed by atoms with Gasteiger partial charge in [0.05, 0.1) is 4.87 Å². The first-order valence-corrected chi connectivity index (χ1v) is 9.99. The SMILES string of the molecule is C[C@]12CCC(=O)N1[C@@H](C(=O)OCC(=O)Nc1ccc3c(c1)CCC3)CS2. The molecule has 0 bridgehead atoms. The molecule has 7 heteroatoms. The van der Waals surface area contributed by atoms with E-state index >= 15 is 0 Å². The van der Waals surface area contributed by atoms with Crippen molar-refractivity contribution < 1.29 is 19.1 Å². The second kappa shape index (κ2) is 6.61. The molecule has 2 amide bonds. The van der Waals surface area contributed by atoms with Crippen molar-refractivity contribution in [2.45, 2.75) is 49.9 Å². The molecule has 3 aliphatic rings. The van der Waals surface area contributed by atoms with Gasteiger partial charge in [0.15, 0.2) is 6.61 Å². The van der Waals surface area contributed by atoms with E-state index in [-0.39, 0.29) is 23.3 Å². The zero-order valence-electron chi connectivity index (χ0n) is 14.7. The summed E-state index contributed by atoms with van der Waals surface area (Å²) in [5.74, 6) is -0.354. The number of hydrogen-bond donors (Lipinski definition) is 1. The van der Waals surface area contributed by atoms with Gasteiger partial charge in [0, 0.05) is 17.9 Å². The summed E-state index contributed by atoms with van der Waals surface area (Å²) in [7, 11) is 0. The number of carbonyl (C=O) groups is 3. The molecule has 1 aromatic rings. The van der Waals surface area contributed by atoms with Crippen molar-refractivity contribution in [3.8, 4) is 0 Å². The lowest BCUT2D eigenvalue weighted by Crippen LogP contribution is -2.47. The number of anilines is 1. The molecule has 2 atom stereocenters. The average molecular weight is 374 g/mol. The van der Waals surface area contributed by atoms with Crippen LogP contribution in [0.5, 0.6) is 0 Å². The van der Waals surface area contributed by atoms with Gasteiger partial charge in [-0.15, -0.1) is 11.8 Å². The van der Waals surface area contributed by atoms with Crippen LogP contribution in [0.25, 0.3) is 0 Å². The summed E-state index contributed by atoms with van der Waals surface area (Å²) < 4.78 is 5.20. The predicted molar refractivity (Wildman–Crippen MR) is 98.8 cm³/mol. The minimum absolute atomic E-state index is 0.0120. The Bertz CT molecular complexity index is 781. The second-order valence-corrected chi connectivity index (χ2v) is 8.76. The summed E-state index contributed by atoms with van der Waals surface area (Å²) in [5, 5.41) is 2.78. The number of nitrogens with one attached hydrogen (secondary N) is 1. The van der Waals surface area contributed by atoms with Crippen LogP contribution in [-0.4, -0.2) is 46.0 Å². The lowest BCUT2D eigenvalue weighted by Gasteiger charge is -2.29. The maximum Gasteiger partial charge on any atom is 0.330 e. The third kappa shape index (κ3) is 3.09. The van der Waals surface area contributed by atoms with Crippen LogP contribution in [0.15, 0.2) is 18.2 Å². The number of carbonyl (C=O) groups excluding carboxylic acids is 3. The largest absolute Gasteiger partial charge is 0.454 e. The molecule has 138 valence electrons. The number of rotatable bonds is 4. The Morgan fingerprint density at radius 1 is 1.31 bits per heavy atom. The summed E-state index contributed by atoms with van der Waals surface area (Å²) in [5.41, 5.74) is 3.34. The van der Waals surface area contributed by atoms with Gasteiger partial charge < -0.3 is 15.0 Å². The predicted octanol–water partition coefficient (Wildman–Crippen LogP) is 2.11. The van der Waals surface area contributed by atoms with E-state index in [9.17, 15) is 14.4 Å². The molecule has 0 radical (unpaired) electrons. The van der Waals surface area contributed by atoms with Crippen LogP contribution in [0.1, 0.15) is 37.3 Å². The highest BCUT2D eigenvalue weighted by atomic mass is 32.2. The van der Waals surface area contributed by atoms with Crippen molar-refractivity contribution in [2.75, 3.05) is 17.7 Å². The minimum Gasteiger partial charge on any atom is -0.454 e. The standard InChI is InChI=1S/C19H22N2O4S/c1-19-8-7-17(23)21(19)15(11-26-19)18(24)25-10-16(22)20-14-6-5-12-3-2-4-13(12)9-14/h5-6,9,15H,2-4,7-8,10-11H2,1H3,(H,20,22)/t15-,19+/m1/s1. The summed E-state index contributed by atoms with van der Waals surface area (Å²) in [4.78, 5) is 37.9. The molecular weight excluding hydrogens is 352 g/mol. The van der Waals surface area contributed by atoms with E-state index in [2.05, 4.69) is 5.32 Å². The molecule has 2 fully saturated rings. The topological polar surface area (TPSA) is 75.7 Å². The second-order valence-electron chi connectivity index (χ2n) is 7.26. The fourth-order valence-electron chi connectivity index (χ4n) is 4.07. The normalized spacial score (nSPS) is 26.6. The molecule has 0 unspecified atom stereocenters. The van der Waals surface area contributed by atoms with Gasteiger partial charge in [-0.05, 0) is 55.9 Å². The molecule has 2 saturated heterocycles. The Balaban J connectivity index is 1.32. The summed E-state index contributed by atoms with van der Waals surface area (Å²) in [6.45, 7) is 1.65. The summed E-state index contributed by atoms with van der Waals surface area (Å²) >= 11 is 1.61. The van der Waals surface area contributed by atoms with Crippen molar-refractivity contribution in [3.63, 3.8) is 0 Å². The molecular formula is C19H22N2O4S. The van der Waals surface area contributed by atoms with Crippen LogP contribution in [-0.2, 0) is 32.0 Å². The molecule has 2 heterocycles. The molecule has 1 N–H and O–H groups in total. The van der Waals surface area contributed by atoms with Gasteiger partial charge in [-0.2, -0.15) is 0 Å². The number of esters is 1. The lowest BCUT2D eigenvalue weighted by atomic mass is 10.1. The van der Waals surface area contributed by atoms with Crippen LogP contribution >= 0.6 is 11.8 Å².